The molecule has 1 rings (SSSR count). The molecular formula is C9H11N3OS. The fourth-order valence-electron chi connectivity index (χ4n) is 0.856. The third kappa shape index (κ3) is 2.85. The van der Waals surface area contributed by atoms with Crippen molar-refractivity contribution < 1.29 is 4.79 Å². The van der Waals surface area contributed by atoms with E-state index in [0.29, 0.717) is 10.9 Å². The molecule has 0 aliphatic carbocycles. The lowest BCUT2D eigenvalue weighted by molar-refractivity contribution is 0.0973. The van der Waals surface area contributed by atoms with Crippen LogP contribution in [0.3, 0.4) is 0 Å². The Morgan fingerprint density at radius 3 is 2.86 bits per heavy atom. The van der Waals surface area contributed by atoms with E-state index in [-0.39, 0.29) is 5.91 Å². The zero-order valence-electron chi connectivity index (χ0n) is 8.02. The van der Waals surface area contributed by atoms with Crippen LogP contribution in [-0.2, 0) is 0 Å². The molecule has 5 heteroatoms. The van der Waals surface area contributed by atoms with Crippen molar-refractivity contribution in [2.75, 3.05) is 13.3 Å². The molecule has 0 atom stereocenters. The molecule has 0 saturated heterocycles. The van der Waals surface area contributed by atoms with E-state index >= 15 is 0 Å². The molecule has 74 valence electrons. The predicted molar refractivity (Wildman–Crippen MR) is 58.6 cm³/mol. The second-order valence-electron chi connectivity index (χ2n) is 2.40. The Hall–Kier alpha value is -1.36. The van der Waals surface area contributed by atoms with Gasteiger partial charge in [0.05, 0.1) is 0 Å². The van der Waals surface area contributed by atoms with Gasteiger partial charge in [-0.2, -0.15) is 0 Å². The predicted octanol–water partition coefficient (Wildman–Crippen LogP) is 1.16. The van der Waals surface area contributed by atoms with Gasteiger partial charge in [-0.25, -0.2) is 0 Å². The Kier molecular flexibility index (Phi) is 4.12. The highest BCUT2D eigenvalue weighted by Gasteiger charge is 2.07. The van der Waals surface area contributed by atoms with Crippen LogP contribution < -0.4 is 5.32 Å². The number of aliphatic imine (C=N–C) groups is 1. The zero-order chi connectivity index (χ0) is 10.4. The number of hydrogen-bond donors (Lipinski definition) is 1. The Labute approximate surface area is 86.8 Å². The van der Waals surface area contributed by atoms with Crippen LogP contribution in [0.4, 0.5) is 0 Å². The van der Waals surface area contributed by atoms with Crippen molar-refractivity contribution in [3.05, 3.63) is 30.1 Å². The highest BCUT2D eigenvalue weighted by Crippen LogP contribution is 1.97. The van der Waals surface area contributed by atoms with E-state index in [1.807, 2.05) is 6.26 Å². The molecule has 0 aliphatic heterocycles. The first-order chi connectivity index (χ1) is 6.77. The Bertz CT molecular complexity index is 337. The van der Waals surface area contributed by atoms with E-state index < -0.39 is 0 Å². The second-order valence-corrected chi connectivity index (χ2v) is 3.20. The quantitative estimate of drug-likeness (QED) is 0.558. The van der Waals surface area contributed by atoms with Gasteiger partial charge in [-0.05, 0) is 18.4 Å². The van der Waals surface area contributed by atoms with Gasteiger partial charge in [-0.15, -0.1) is 0 Å². The Balaban J connectivity index is 2.68. The number of amidine groups is 1. The average molecular weight is 209 g/mol. The summed E-state index contributed by atoms with van der Waals surface area (Å²) in [5.74, 6) is -0.236. The maximum Gasteiger partial charge on any atom is 0.275 e. The van der Waals surface area contributed by atoms with Crippen LogP contribution in [0.25, 0.3) is 0 Å². The van der Waals surface area contributed by atoms with Crippen LogP contribution in [0.1, 0.15) is 10.5 Å². The van der Waals surface area contributed by atoms with Crippen molar-refractivity contribution in [3.63, 3.8) is 0 Å². The van der Waals surface area contributed by atoms with E-state index in [1.54, 1.807) is 31.4 Å². The van der Waals surface area contributed by atoms with Crippen molar-refractivity contribution in [3.8, 4) is 0 Å². The van der Waals surface area contributed by atoms with Crippen LogP contribution in [-0.4, -0.2) is 29.4 Å². The largest absolute Gasteiger partial charge is 0.300 e. The van der Waals surface area contributed by atoms with Gasteiger partial charge in [0.15, 0.2) is 5.17 Å². The van der Waals surface area contributed by atoms with Crippen LogP contribution >= 0.6 is 11.8 Å². The molecule has 1 N–H and O–H groups in total. The summed E-state index contributed by atoms with van der Waals surface area (Å²) in [7, 11) is 1.63. The molecule has 4 nitrogen and oxygen atoms in total. The van der Waals surface area contributed by atoms with Crippen molar-refractivity contribution in [2.24, 2.45) is 4.99 Å². The lowest BCUT2D eigenvalue weighted by atomic mass is 10.3. The molecule has 0 saturated carbocycles. The average Bonchev–Trinajstić information content (AvgIpc) is 2.26. The zero-order valence-corrected chi connectivity index (χ0v) is 8.84. The number of carbonyl (C=O) groups is 1. The molecule has 0 unspecified atom stereocenters. The first kappa shape index (κ1) is 10.7. The summed E-state index contributed by atoms with van der Waals surface area (Å²) in [4.78, 5) is 19.3. The highest BCUT2D eigenvalue weighted by molar-refractivity contribution is 8.13. The van der Waals surface area contributed by atoms with Crippen LogP contribution in [0.2, 0.25) is 0 Å². The fourth-order valence-corrected chi connectivity index (χ4v) is 1.23. The van der Waals surface area contributed by atoms with Crippen LogP contribution in [0.15, 0.2) is 29.4 Å². The van der Waals surface area contributed by atoms with Gasteiger partial charge in [0.2, 0.25) is 0 Å². The smallest absolute Gasteiger partial charge is 0.275 e. The van der Waals surface area contributed by atoms with Crippen molar-refractivity contribution in [2.45, 2.75) is 0 Å². The molecular weight excluding hydrogens is 198 g/mol. The summed E-state index contributed by atoms with van der Waals surface area (Å²) in [6, 6.07) is 5.19. The number of nitrogens with one attached hydrogen (secondary N) is 1. The Morgan fingerprint density at radius 1 is 1.57 bits per heavy atom. The lowest BCUT2D eigenvalue weighted by Crippen LogP contribution is -2.28. The van der Waals surface area contributed by atoms with Gasteiger partial charge in [0, 0.05) is 13.2 Å². The summed E-state index contributed by atoms with van der Waals surface area (Å²) in [5, 5.41) is 3.23. The fraction of sp³-hybridized carbons (Fsp3) is 0.222. The molecule has 14 heavy (non-hydrogen) atoms. The molecule has 1 aromatic heterocycles. The minimum atomic E-state index is -0.236. The summed E-state index contributed by atoms with van der Waals surface area (Å²) in [6.45, 7) is 0. The topological polar surface area (TPSA) is 54.4 Å². The summed E-state index contributed by atoms with van der Waals surface area (Å²) in [5.41, 5.74) is 0.391. The van der Waals surface area contributed by atoms with E-state index in [2.05, 4.69) is 15.3 Å². The first-order valence-electron chi connectivity index (χ1n) is 4.01. The molecule has 0 bridgehead atoms. The number of carbonyl (C=O) groups excluding carboxylic acids is 1. The summed E-state index contributed by atoms with van der Waals surface area (Å²) >= 11 is 1.38. The maximum absolute atomic E-state index is 11.5. The van der Waals surface area contributed by atoms with Crippen molar-refractivity contribution >= 4 is 22.8 Å². The minimum Gasteiger partial charge on any atom is -0.300 e. The standard InChI is InChI=1S/C9H11N3OS/c1-10-9(14-2)12-8(13)7-5-3-4-6-11-7/h3-6H,1-2H3,(H,10,12,13). The molecule has 1 heterocycles. The van der Waals surface area contributed by atoms with Gasteiger partial charge >= 0.3 is 0 Å². The number of nitrogens with zero attached hydrogens (tertiary/aromatic N) is 2. The third-order valence-corrected chi connectivity index (χ3v) is 2.19. The SMILES string of the molecule is CN=C(NC(=O)c1ccccn1)SC. The maximum atomic E-state index is 11.5. The normalized spacial score (nSPS) is 11.1. The molecule has 0 aromatic carbocycles. The molecule has 0 radical (unpaired) electrons. The van der Waals surface area contributed by atoms with E-state index in [9.17, 15) is 4.79 Å². The van der Waals surface area contributed by atoms with Gasteiger partial charge in [0.25, 0.3) is 5.91 Å². The van der Waals surface area contributed by atoms with Crippen molar-refractivity contribution in [1.82, 2.24) is 10.3 Å². The number of amides is 1. The van der Waals surface area contributed by atoms with Gasteiger partial charge in [0.1, 0.15) is 5.69 Å². The van der Waals surface area contributed by atoms with Crippen LogP contribution in [0.5, 0.6) is 0 Å². The summed E-state index contributed by atoms with van der Waals surface area (Å²) < 4.78 is 0. The number of aromatic nitrogens is 1. The second kappa shape index (κ2) is 5.39. The molecule has 1 aromatic rings. The Morgan fingerprint density at radius 2 is 2.36 bits per heavy atom. The lowest BCUT2D eigenvalue weighted by Gasteiger charge is -2.03. The minimum absolute atomic E-state index is 0.236. The van der Waals surface area contributed by atoms with Gasteiger partial charge in [-0.3, -0.25) is 20.1 Å². The monoisotopic (exact) mass is 209 g/mol. The van der Waals surface area contributed by atoms with Crippen LogP contribution in [0, 0.1) is 0 Å². The van der Waals surface area contributed by atoms with Gasteiger partial charge in [-0.1, -0.05) is 17.8 Å². The molecule has 0 fully saturated rings. The number of pyridine rings is 1. The first-order valence-corrected chi connectivity index (χ1v) is 5.23. The van der Waals surface area contributed by atoms with E-state index in [0.717, 1.165) is 0 Å². The molecule has 0 spiro atoms. The molecule has 1 amide bonds. The third-order valence-electron chi connectivity index (χ3n) is 1.51. The number of rotatable bonds is 1. The van der Waals surface area contributed by atoms with E-state index in [4.69, 9.17) is 0 Å². The summed E-state index contributed by atoms with van der Waals surface area (Å²) in [6.07, 6.45) is 3.43. The highest BCUT2D eigenvalue weighted by atomic mass is 32.2. The van der Waals surface area contributed by atoms with Gasteiger partial charge < -0.3 is 0 Å². The number of thioether (sulfide) groups is 1. The van der Waals surface area contributed by atoms with Crippen molar-refractivity contribution in [1.29, 1.82) is 0 Å². The van der Waals surface area contributed by atoms with E-state index in [1.165, 1.54) is 11.8 Å². The number of hydrogen-bond acceptors (Lipinski definition) is 4. The molecule has 0 aliphatic rings.